The average Bonchev–Trinajstić information content (AvgIpc) is 2.90. The fourth-order valence-electron chi connectivity index (χ4n) is 2.55. The molecule has 1 aliphatic rings. The highest BCUT2D eigenvalue weighted by Gasteiger charge is 2.23. The second-order valence-corrected chi connectivity index (χ2v) is 5.25. The molecule has 1 fully saturated rings. The van der Waals surface area contributed by atoms with Crippen molar-refractivity contribution in [3.05, 3.63) is 18.0 Å². The summed E-state index contributed by atoms with van der Waals surface area (Å²) in [5.41, 5.74) is 1.33. The molecule has 0 bridgehead atoms. The maximum Gasteiger partial charge on any atom is 0.0534 e. The summed E-state index contributed by atoms with van der Waals surface area (Å²) >= 11 is 0. The van der Waals surface area contributed by atoms with Crippen LogP contribution in [-0.4, -0.2) is 40.9 Å². The van der Waals surface area contributed by atoms with Gasteiger partial charge < -0.3 is 5.32 Å². The minimum atomic E-state index is 0. The summed E-state index contributed by atoms with van der Waals surface area (Å²) in [6.45, 7) is 7.68. The summed E-state index contributed by atoms with van der Waals surface area (Å²) in [6, 6.07) is 1.15. The van der Waals surface area contributed by atoms with Gasteiger partial charge in [-0.2, -0.15) is 5.10 Å². The van der Waals surface area contributed by atoms with Gasteiger partial charge in [-0.3, -0.25) is 9.58 Å². The molecule has 1 aliphatic heterocycles. The van der Waals surface area contributed by atoms with Gasteiger partial charge in [-0.25, -0.2) is 0 Å². The van der Waals surface area contributed by atoms with E-state index in [-0.39, 0.29) is 12.4 Å². The van der Waals surface area contributed by atoms with E-state index in [4.69, 9.17) is 0 Å². The van der Waals surface area contributed by atoms with E-state index < -0.39 is 0 Å². The molecule has 1 saturated heterocycles. The first-order valence-electron chi connectivity index (χ1n) is 6.62. The molecule has 2 heterocycles. The van der Waals surface area contributed by atoms with E-state index in [2.05, 4.69) is 35.4 Å². The summed E-state index contributed by atoms with van der Waals surface area (Å²) in [5.74, 6) is 0. The lowest BCUT2D eigenvalue weighted by Crippen LogP contribution is -2.36. The first kappa shape index (κ1) is 15.5. The van der Waals surface area contributed by atoms with Crippen LogP contribution in [0.3, 0.4) is 0 Å². The highest BCUT2D eigenvalue weighted by Crippen LogP contribution is 2.19. The van der Waals surface area contributed by atoms with Crippen LogP contribution < -0.4 is 5.32 Å². The number of rotatable bonds is 5. The van der Waals surface area contributed by atoms with Crippen molar-refractivity contribution in [3.63, 3.8) is 0 Å². The second-order valence-electron chi connectivity index (χ2n) is 5.25. The standard InChI is InChI=1S/C13H24N4.ClH/c1-11(2)17-10-12(7-15-17)9-16-6-4-5-13(16)8-14-3;/h7,10-11,13-14H,4-6,8-9H2,1-3H3;1H. The molecule has 5 heteroatoms. The zero-order valence-corrected chi connectivity index (χ0v) is 12.4. The Morgan fingerprint density at radius 1 is 1.50 bits per heavy atom. The SMILES string of the molecule is CNCC1CCCN1Cc1cnn(C(C)C)c1.Cl. The van der Waals surface area contributed by atoms with E-state index >= 15 is 0 Å². The third-order valence-electron chi connectivity index (χ3n) is 3.51. The molecule has 0 aromatic carbocycles. The average molecular weight is 273 g/mol. The van der Waals surface area contributed by atoms with Crippen molar-refractivity contribution in [2.75, 3.05) is 20.1 Å². The third-order valence-corrected chi connectivity index (χ3v) is 3.51. The predicted molar refractivity (Wildman–Crippen MR) is 77.2 cm³/mol. The van der Waals surface area contributed by atoms with Gasteiger partial charge >= 0.3 is 0 Å². The van der Waals surface area contributed by atoms with Crippen molar-refractivity contribution in [1.29, 1.82) is 0 Å². The van der Waals surface area contributed by atoms with E-state index in [0.717, 1.165) is 13.1 Å². The van der Waals surface area contributed by atoms with Crippen LogP contribution in [0, 0.1) is 0 Å². The van der Waals surface area contributed by atoms with Gasteiger partial charge in [-0.05, 0) is 40.3 Å². The zero-order chi connectivity index (χ0) is 12.3. The fourth-order valence-corrected chi connectivity index (χ4v) is 2.55. The van der Waals surface area contributed by atoms with E-state index in [0.29, 0.717) is 12.1 Å². The van der Waals surface area contributed by atoms with Gasteiger partial charge in [0.05, 0.1) is 6.20 Å². The monoisotopic (exact) mass is 272 g/mol. The van der Waals surface area contributed by atoms with Gasteiger partial charge in [0.1, 0.15) is 0 Å². The maximum atomic E-state index is 4.40. The quantitative estimate of drug-likeness (QED) is 0.891. The zero-order valence-electron chi connectivity index (χ0n) is 11.6. The van der Waals surface area contributed by atoms with Gasteiger partial charge in [-0.15, -0.1) is 12.4 Å². The molecule has 1 unspecified atom stereocenters. The van der Waals surface area contributed by atoms with E-state index in [1.807, 2.05) is 17.9 Å². The number of nitrogens with zero attached hydrogens (tertiary/aromatic N) is 3. The first-order chi connectivity index (χ1) is 8.20. The van der Waals surface area contributed by atoms with Crippen LogP contribution in [0.5, 0.6) is 0 Å². The minimum absolute atomic E-state index is 0. The Balaban J connectivity index is 0.00000162. The molecule has 1 atom stereocenters. The van der Waals surface area contributed by atoms with Crippen LogP contribution in [0.4, 0.5) is 0 Å². The summed E-state index contributed by atoms with van der Waals surface area (Å²) < 4.78 is 2.04. The van der Waals surface area contributed by atoms with Gasteiger partial charge in [0.25, 0.3) is 0 Å². The highest BCUT2D eigenvalue weighted by molar-refractivity contribution is 5.85. The molecule has 0 aliphatic carbocycles. The Bertz CT molecular complexity index is 351. The minimum Gasteiger partial charge on any atom is -0.318 e. The van der Waals surface area contributed by atoms with Crippen molar-refractivity contribution in [1.82, 2.24) is 20.0 Å². The van der Waals surface area contributed by atoms with Crippen molar-refractivity contribution in [2.24, 2.45) is 0 Å². The first-order valence-corrected chi connectivity index (χ1v) is 6.62. The number of likely N-dealkylation sites (tertiary alicyclic amines) is 1. The topological polar surface area (TPSA) is 33.1 Å². The number of likely N-dealkylation sites (N-methyl/N-ethyl adjacent to an activating group) is 1. The molecule has 0 amide bonds. The van der Waals surface area contributed by atoms with Crippen molar-refractivity contribution in [2.45, 2.75) is 45.3 Å². The Kier molecular flexibility index (Phi) is 6.12. The van der Waals surface area contributed by atoms with E-state index in [1.54, 1.807) is 0 Å². The van der Waals surface area contributed by atoms with Crippen LogP contribution in [-0.2, 0) is 6.54 Å². The third kappa shape index (κ3) is 3.70. The lowest BCUT2D eigenvalue weighted by atomic mass is 10.2. The highest BCUT2D eigenvalue weighted by atomic mass is 35.5. The summed E-state index contributed by atoms with van der Waals surface area (Å²) in [6.07, 6.45) is 6.83. The molecule has 1 aromatic rings. The lowest BCUT2D eigenvalue weighted by molar-refractivity contribution is 0.242. The molecule has 0 saturated carbocycles. The van der Waals surface area contributed by atoms with Gasteiger partial charge in [0, 0.05) is 36.9 Å². The van der Waals surface area contributed by atoms with Gasteiger partial charge in [0.2, 0.25) is 0 Å². The number of hydrogen-bond donors (Lipinski definition) is 1. The molecular formula is C13H25ClN4. The second kappa shape index (κ2) is 7.12. The van der Waals surface area contributed by atoms with Crippen molar-refractivity contribution in [3.8, 4) is 0 Å². The maximum absolute atomic E-state index is 4.40. The molecule has 1 aromatic heterocycles. The summed E-state index contributed by atoms with van der Waals surface area (Å²) in [4.78, 5) is 2.57. The molecule has 2 rings (SSSR count). The normalized spacial score (nSPS) is 20.3. The Labute approximate surface area is 116 Å². The molecule has 0 spiro atoms. The van der Waals surface area contributed by atoms with E-state index in [1.165, 1.54) is 24.9 Å². The molecule has 4 nitrogen and oxygen atoms in total. The number of hydrogen-bond acceptors (Lipinski definition) is 3. The molecule has 0 radical (unpaired) electrons. The van der Waals surface area contributed by atoms with Gasteiger partial charge in [0.15, 0.2) is 0 Å². The largest absolute Gasteiger partial charge is 0.318 e. The van der Waals surface area contributed by atoms with Crippen LogP contribution in [0.2, 0.25) is 0 Å². The van der Waals surface area contributed by atoms with Crippen molar-refractivity contribution < 1.29 is 0 Å². The Morgan fingerprint density at radius 3 is 2.89 bits per heavy atom. The number of nitrogens with one attached hydrogen (secondary N) is 1. The van der Waals surface area contributed by atoms with E-state index in [9.17, 15) is 0 Å². The fraction of sp³-hybridized carbons (Fsp3) is 0.769. The summed E-state index contributed by atoms with van der Waals surface area (Å²) in [7, 11) is 2.04. The van der Waals surface area contributed by atoms with Crippen LogP contribution >= 0.6 is 12.4 Å². The van der Waals surface area contributed by atoms with Crippen molar-refractivity contribution >= 4 is 12.4 Å². The van der Waals surface area contributed by atoms with Crippen LogP contribution in [0.15, 0.2) is 12.4 Å². The number of halogens is 1. The lowest BCUT2D eigenvalue weighted by Gasteiger charge is -2.23. The predicted octanol–water partition coefficient (Wildman–Crippen LogP) is 2.07. The smallest absolute Gasteiger partial charge is 0.0534 e. The molecular weight excluding hydrogens is 248 g/mol. The van der Waals surface area contributed by atoms with Crippen LogP contribution in [0.1, 0.15) is 38.3 Å². The molecule has 104 valence electrons. The molecule has 1 N–H and O–H groups in total. The Hall–Kier alpha value is -0.580. The Morgan fingerprint density at radius 2 is 2.28 bits per heavy atom. The molecule has 18 heavy (non-hydrogen) atoms. The van der Waals surface area contributed by atoms with Gasteiger partial charge in [-0.1, -0.05) is 0 Å². The summed E-state index contributed by atoms with van der Waals surface area (Å²) in [5, 5.41) is 7.69. The van der Waals surface area contributed by atoms with Crippen LogP contribution in [0.25, 0.3) is 0 Å². The number of aromatic nitrogens is 2.